The molecule has 0 saturated carbocycles. The van der Waals surface area contributed by atoms with E-state index in [1.165, 1.54) is 11.0 Å². The number of hydrogen-bond donors (Lipinski definition) is 1. The van der Waals surface area contributed by atoms with Crippen LogP contribution < -0.4 is 10.1 Å². The molecule has 0 aliphatic rings. The van der Waals surface area contributed by atoms with E-state index >= 15 is 0 Å². The molecule has 0 unspecified atom stereocenters. The number of carbonyl (C=O) groups is 2. The van der Waals surface area contributed by atoms with Crippen LogP contribution in [-0.2, 0) is 4.79 Å². The van der Waals surface area contributed by atoms with Gasteiger partial charge in [-0.2, -0.15) is 0 Å². The van der Waals surface area contributed by atoms with Crippen LogP contribution in [0.1, 0.15) is 17.3 Å². The summed E-state index contributed by atoms with van der Waals surface area (Å²) in [6, 6.07) is 11.5. The van der Waals surface area contributed by atoms with Crippen LogP contribution in [0.15, 0.2) is 42.5 Å². The first-order valence-corrected chi connectivity index (χ1v) is 8.28. The zero-order valence-corrected chi connectivity index (χ0v) is 15.6. The normalized spacial score (nSPS) is 11.6. The Bertz CT molecular complexity index is 794. The second-order valence-electron chi connectivity index (χ2n) is 5.57. The summed E-state index contributed by atoms with van der Waals surface area (Å²) >= 11 is 11.9. The lowest BCUT2D eigenvalue weighted by Gasteiger charge is -2.18. The SMILES string of the molecule is C[C@H](Oc1ccc(Cl)cc1Cl)C(=O)Nc1ccccc1C(=O)N(C)C. The molecule has 1 atom stereocenters. The van der Waals surface area contributed by atoms with E-state index in [0.29, 0.717) is 27.0 Å². The number of ether oxygens (including phenoxy) is 1. The summed E-state index contributed by atoms with van der Waals surface area (Å²) < 4.78 is 5.58. The number of hydrogen-bond acceptors (Lipinski definition) is 3. The summed E-state index contributed by atoms with van der Waals surface area (Å²) in [5.41, 5.74) is 0.821. The van der Waals surface area contributed by atoms with Crippen LogP contribution in [-0.4, -0.2) is 36.9 Å². The van der Waals surface area contributed by atoms with Crippen molar-refractivity contribution in [3.8, 4) is 5.75 Å². The summed E-state index contributed by atoms with van der Waals surface area (Å²) in [4.78, 5) is 26.1. The molecule has 0 heterocycles. The van der Waals surface area contributed by atoms with Gasteiger partial charge in [0, 0.05) is 19.1 Å². The molecular formula is C18H18Cl2N2O3. The zero-order chi connectivity index (χ0) is 18.6. The van der Waals surface area contributed by atoms with Crippen LogP contribution in [0, 0.1) is 0 Å². The zero-order valence-electron chi connectivity index (χ0n) is 14.0. The highest BCUT2D eigenvalue weighted by Gasteiger charge is 2.20. The van der Waals surface area contributed by atoms with Gasteiger partial charge in [-0.05, 0) is 37.3 Å². The Morgan fingerprint density at radius 1 is 1.12 bits per heavy atom. The molecule has 0 bridgehead atoms. The molecule has 2 amide bonds. The maximum absolute atomic E-state index is 12.4. The van der Waals surface area contributed by atoms with Gasteiger partial charge in [0.15, 0.2) is 6.10 Å². The quantitative estimate of drug-likeness (QED) is 0.849. The minimum absolute atomic E-state index is 0.204. The first-order chi connectivity index (χ1) is 11.8. The van der Waals surface area contributed by atoms with Gasteiger partial charge in [-0.1, -0.05) is 35.3 Å². The number of nitrogens with one attached hydrogen (secondary N) is 1. The van der Waals surface area contributed by atoms with Gasteiger partial charge >= 0.3 is 0 Å². The fraction of sp³-hybridized carbons (Fsp3) is 0.222. The van der Waals surface area contributed by atoms with Gasteiger partial charge in [-0.25, -0.2) is 0 Å². The highest BCUT2D eigenvalue weighted by Crippen LogP contribution is 2.28. The van der Waals surface area contributed by atoms with Crippen molar-refractivity contribution in [2.24, 2.45) is 0 Å². The van der Waals surface area contributed by atoms with Crippen molar-refractivity contribution in [3.05, 3.63) is 58.1 Å². The number of carbonyl (C=O) groups excluding carboxylic acids is 2. The number of nitrogens with zero attached hydrogens (tertiary/aromatic N) is 1. The van der Waals surface area contributed by atoms with Gasteiger partial charge in [-0.3, -0.25) is 9.59 Å². The molecule has 5 nitrogen and oxygen atoms in total. The standard InChI is InChI=1S/C18H18Cl2N2O3/c1-11(25-16-9-8-12(19)10-14(16)20)17(23)21-15-7-5-4-6-13(15)18(24)22(2)3/h4-11H,1-3H3,(H,21,23)/t11-/m0/s1. The first kappa shape index (κ1) is 19.1. The number of para-hydroxylation sites is 1. The third kappa shape index (κ3) is 4.87. The topological polar surface area (TPSA) is 58.6 Å². The molecule has 25 heavy (non-hydrogen) atoms. The fourth-order valence-electron chi connectivity index (χ4n) is 2.07. The molecule has 0 radical (unpaired) electrons. The van der Waals surface area contributed by atoms with Crippen molar-refractivity contribution in [1.29, 1.82) is 0 Å². The monoisotopic (exact) mass is 380 g/mol. The molecule has 0 aromatic heterocycles. The number of rotatable bonds is 5. The molecule has 0 saturated heterocycles. The van der Waals surface area contributed by atoms with Crippen molar-refractivity contribution in [3.63, 3.8) is 0 Å². The number of benzene rings is 2. The third-order valence-corrected chi connectivity index (χ3v) is 3.92. The highest BCUT2D eigenvalue weighted by molar-refractivity contribution is 6.35. The predicted molar refractivity (Wildman–Crippen MR) is 99.6 cm³/mol. The molecule has 2 aromatic rings. The van der Waals surface area contributed by atoms with E-state index in [4.69, 9.17) is 27.9 Å². The molecule has 0 aliphatic heterocycles. The van der Waals surface area contributed by atoms with Crippen LogP contribution in [0.2, 0.25) is 10.0 Å². The highest BCUT2D eigenvalue weighted by atomic mass is 35.5. The van der Waals surface area contributed by atoms with E-state index in [1.807, 2.05) is 0 Å². The molecule has 7 heteroatoms. The summed E-state index contributed by atoms with van der Waals surface area (Å²) in [7, 11) is 3.30. The van der Waals surface area contributed by atoms with Crippen molar-refractivity contribution < 1.29 is 14.3 Å². The third-order valence-electron chi connectivity index (χ3n) is 3.39. The summed E-state index contributed by atoms with van der Waals surface area (Å²) in [5.74, 6) is -0.249. The Morgan fingerprint density at radius 2 is 1.80 bits per heavy atom. The smallest absolute Gasteiger partial charge is 0.265 e. The molecule has 2 rings (SSSR count). The number of anilines is 1. The van der Waals surface area contributed by atoms with Gasteiger partial charge in [0.05, 0.1) is 16.3 Å². The maximum Gasteiger partial charge on any atom is 0.265 e. The molecule has 1 N–H and O–H groups in total. The van der Waals surface area contributed by atoms with Crippen LogP contribution in [0.4, 0.5) is 5.69 Å². The first-order valence-electron chi connectivity index (χ1n) is 7.53. The van der Waals surface area contributed by atoms with E-state index in [9.17, 15) is 9.59 Å². The van der Waals surface area contributed by atoms with Crippen LogP contribution in [0.5, 0.6) is 5.75 Å². The van der Waals surface area contributed by atoms with E-state index in [-0.39, 0.29) is 5.91 Å². The Morgan fingerprint density at radius 3 is 2.44 bits per heavy atom. The molecule has 132 valence electrons. The van der Waals surface area contributed by atoms with Gasteiger partial charge < -0.3 is 15.0 Å². The Labute approximate surface area is 156 Å². The summed E-state index contributed by atoms with van der Waals surface area (Å²) in [6.45, 7) is 1.59. The lowest BCUT2D eigenvalue weighted by Crippen LogP contribution is -2.31. The number of amides is 2. The van der Waals surface area contributed by atoms with Crippen molar-refractivity contribution in [2.45, 2.75) is 13.0 Å². The predicted octanol–water partition coefficient (Wildman–Crippen LogP) is 4.10. The summed E-state index contributed by atoms with van der Waals surface area (Å²) in [5, 5.41) is 3.51. The molecule has 0 spiro atoms. The molecular weight excluding hydrogens is 363 g/mol. The van der Waals surface area contributed by atoms with Crippen molar-refractivity contribution in [1.82, 2.24) is 4.90 Å². The largest absolute Gasteiger partial charge is 0.479 e. The van der Waals surface area contributed by atoms with E-state index in [1.54, 1.807) is 57.4 Å². The molecule has 0 fully saturated rings. The van der Waals surface area contributed by atoms with Crippen molar-refractivity contribution in [2.75, 3.05) is 19.4 Å². The van der Waals surface area contributed by atoms with Crippen molar-refractivity contribution >= 4 is 40.7 Å². The Hall–Kier alpha value is -2.24. The lowest BCUT2D eigenvalue weighted by atomic mass is 10.1. The van der Waals surface area contributed by atoms with Gasteiger partial charge in [-0.15, -0.1) is 0 Å². The van der Waals surface area contributed by atoms with E-state index < -0.39 is 12.0 Å². The van der Waals surface area contributed by atoms with E-state index in [0.717, 1.165) is 0 Å². The van der Waals surface area contributed by atoms with Crippen LogP contribution in [0.25, 0.3) is 0 Å². The average molecular weight is 381 g/mol. The lowest BCUT2D eigenvalue weighted by molar-refractivity contribution is -0.122. The van der Waals surface area contributed by atoms with Crippen LogP contribution >= 0.6 is 23.2 Å². The Kier molecular flexibility index (Phi) is 6.28. The van der Waals surface area contributed by atoms with Gasteiger partial charge in [0.1, 0.15) is 5.75 Å². The van der Waals surface area contributed by atoms with Gasteiger partial charge in [0.25, 0.3) is 11.8 Å². The van der Waals surface area contributed by atoms with E-state index in [2.05, 4.69) is 5.32 Å². The second kappa shape index (κ2) is 8.23. The maximum atomic E-state index is 12.4. The molecule has 0 aliphatic carbocycles. The summed E-state index contributed by atoms with van der Waals surface area (Å²) in [6.07, 6.45) is -0.818. The second-order valence-corrected chi connectivity index (χ2v) is 6.41. The van der Waals surface area contributed by atoms with Crippen LogP contribution in [0.3, 0.4) is 0 Å². The average Bonchev–Trinajstić information content (AvgIpc) is 2.57. The fourth-order valence-corrected chi connectivity index (χ4v) is 2.52. The minimum Gasteiger partial charge on any atom is -0.479 e. The minimum atomic E-state index is -0.818. The number of halogens is 2. The molecule has 2 aromatic carbocycles. The Balaban J connectivity index is 2.13. The van der Waals surface area contributed by atoms with Gasteiger partial charge in [0.2, 0.25) is 0 Å².